The van der Waals surface area contributed by atoms with Crippen molar-refractivity contribution >= 4 is 22.2 Å². The van der Waals surface area contributed by atoms with Crippen LogP contribution in [0.3, 0.4) is 0 Å². The van der Waals surface area contributed by atoms with Gasteiger partial charge in [-0.1, -0.05) is 0 Å². The van der Waals surface area contributed by atoms with E-state index >= 15 is 0 Å². The second-order valence-electron chi connectivity index (χ2n) is 2.33. The van der Waals surface area contributed by atoms with Crippen LogP contribution in [0.5, 0.6) is 0 Å². The Kier molecular flexibility index (Phi) is 2.44. The zero-order valence-electron chi connectivity index (χ0n) is 6.47. The maximum Gasteiger partial charge on any atom is 0.141 e. The SMILES string of the molecule is Cc1nn(CC=O)c(C)c1Br. The molecule has 0 spiro atoms. The molecular formula is C7H9BrN2O. The van der Waals surface area contributed by atoms with Gasteiger partial charge in [0.2, 0.25) is 0 Å². The van der Waals surface area contributed by atoms with Gasteiger partial charge in [-0.05, 0) is 29.8 Å². The number of hydrogen-bond donors (Lipinski definition) is 0. The molecule has 0 aromatic carbocycles. The monoisotopic (exact) mass is 216 g/mol. The maximum atomic E-state index is 10.2. The first-order valence-corrected chi connectivity index (χ1v) is 4.09. The van der Waals surface area contributed by atoms with E-state index in [1.165, 1.54) is 0 Å². The summed E-state index contributed by atoms with van der Waals surface area (Å²) in [6, 6.07) is 0. The molecule has 0 saturated carbocycles. The van der Waals surface area contributed by atoms with E-state index in [2.05, 4.69) is 21.0 Å². The Balaban J connectivity index is 3.07. The highest BCUT2D eigenvalue weighted by Crippen LogP contribution is 2.18. The Morgan fingerprint density at radius 1 is 1.64 bits per heavy atom. The Labute approximate surface area is 73.5 Å². The molecule has 1 rings (SSSR count). The summed E-state index contributed by atoms with van der Waals surface area (Å²) in [5.41, 5.74) is 1.92. The molecule has 0 aliphatic carbocycles. The van der Waals surface area contributed by atoms with Crippen LogP contribution in [0.15, 0.2) is 4.47 Å². The minimum Gasteiger partial charge on any atom is -0.301 e. The van der Waals surface area contributed by atoms with Crippen LogP contribution >= 0.6 is 15.9 Å². The molecule has 1 heterocycles. The van der Waals surface area contributed by atoms with Gasteiger partial charge in [0.25, 0.3) is 0 Å². The number of aryl methyl sites for hydroxylation is 1. The normalized spacial score (nSPS) is 10.1. The van der Waals surface area contributed by atoms with E-state index in [1.54, 1.807) is 4.68 Å². The van der Waals surface area contributed by atoms with Gasteiger partial charge in [-0.2, -0.15) is 5.10 Å². The third-order valence-corrected chi connectivity index (χ3v) is 2.69. The number of hydrogen-bond acceptors (Lipinski definition) is 2. The van der Waals surface area contributed by atoms with Gasteiger partial charge in [0.1, 0.15) is 6.29 Å². The van der Waals surface area contributed by atoms with Crippen molar-refractivity contribution in [1.82, 2.24) is 9.78 Å². The molecule has 3 nitrogen and oxygen atoms in total. The molecule has 4 heteroatoms. The predicted molar refractivity (Wildman–Crippen MR) is 45.5 cm³/mol. The number of carbonyl (C=O) groups excluding carboxylic acids is 1. The minimum absolute atomic E-state index is 0.332. The molecule has 0 amide bonds. The topological polar surface area (TPSA) is 34.9 Å². The van der Waals surface area contributed by atoms with E-state index < -0.39 is 0 Å². The van der Waals surface area contributed by atoms with Crippen LogP contribution in [0, 0.1) is 13.8 Å². The molecule has 0 aliphatic heterocycles. The smallest absolute Gasteiger partial charge is 0.141 e. The molecule has 1 aromatic heterocycles. The van der Waals surface area contributed by atoms with Crippen molar-refractivity contribution in [3.05, 3.63) is 15.9 Å². The van der Waals surface area contributed by atoms with Gasteiger partial charge in [-0.25, -0.2) is 0 Å². The van der Waals surface area contributed by atoms with E-state index in [1.807, 2.05) is 13.8 Å². The fraction of sp³-hybridized carbons (Fsp3) is 0.429. The second-order valence-corrected chi connectivity index (χ2v) is 3.13. The molecule has 0 fully saturated rings. The van der Waals surface area contributed by atoms with E-state index in [-0.39, 0.29) is 0 Å². The number of halogens is 1. The van der Waals surface area contributed by atoms with Crippen LogP contribution in [-0.4, -0.2) is 16.1 Å². The number of carbonyl (C=O) groups is 1. The number of aromatic nitrogens is 2. The van der Waals surface area contributed by atoms with E-state index in [9.17, 15) is 4.79 Å². The molecule has 0 aliphatic rings. The number of rotatable bonds is 2. The highest BCUT2D eigenvalue weighted by atomic mass is 79.9. The van der Waals surface area contributed by atoms with E-state index in [0.29, 0.717) is 6.54 Å². The van der Waals surface area contributed by atoms with Crippen molar-refractivity contribution in [2.75, 3.05) is 0 Å². The summed E-state index contributed by atoms with van der Waals surface area (Å²) in [4.78, 5) is 10.2. The lowest BCUT2D eigenvalue weighted by Crippen LogP contribution is -2.02. The van der Waals surface area contributed by atoms with Gasteiger partial charge in [-0.3, -0.25) is 4.68 Å². The molecule has 60 valence electrons. The molecular weight excluding hydrogens is 208 g/mol. The first-order valence-electron chi connectivity index (χ1n) is 3.30. The standard InChI is InChI=1S/C7H9BrN2O/c1-5-7(8)6(2)10(9-5)3-4-11/h4H,3H2,1-2H3. The molecule has 0 radical (unpaired) electrons. The van der Waals surface area contributed by atoms with Gasteiger partial charge < -0.3 is 4.79 Å². The Bertz CT molecular complexity index is 280. The number of aldehydes is 1. The van der Waals surface area contributed by atoms with Crippen molar-refractivity contribution in [1.29, 1.82) is 0 Å². The predicted octanol–water partition coefficient (Wildman–Crippen LogP) is 1.46. The van der Waals surface area contributed by atoms with Crippen LogP contribution in [0.2, 0.25) is 0 Å². The zero-order valence-corrected chi connectivity index (χ0v) is 8.05. The average Bonchev–Trinajstić information content (AvgIpc) is 2.19. The summed E-state index contributed by atoms with van der Waals surface area (Å²) in [6.07, 6.45) is 0.839. The largest absolute Gasteiger partial charge is 0.301 e. The molecule has 1 aromatic rings. The van der Waals surface area contributed by atoms with Crippen LogP contribution in [-0.2, 0) is 11.3 Å². The van der Waals surface area contributed by atoms with Crippen molar-refractivity contribution in [3.8, 4) is 0 Å². The molecule has 0 saturated heterocycles. The van der Waals surface area contributed by atoms with E-state index in [4.69, 9.17) is 0 Å². The summed E-state index contributed by atoms with van der Waals surface area (Å²) < 4.78 is 2.66. The Morgan fingerprint density at radius 3 is 2.64 bits per heavy atom. The average molecular weight is 217 g/mol. The first-order chi connectivity index (χ1) is 5.16. The lowest BCUT2D eigenvalue weighted by molar-refractivity contribution is -0.108. The van der Waals surface area contributed by atoms with Gasteiger partial charge in [0.05, 0.1) is 22.4 Å². The van der Waals surface area contributed by atoms with Crippen LogP contribution in [0.1, 0.15) is 11.4 Å². The summed E-state index contributed by atoms with van der Waals surface area (Å²) >= 11 is 3.37. The van der Waals surface area contributed by atoms with Crippen molar-refractivity contribution in [3.63, 3.8) is 0 Å². The minimum atomic E-state index is 0.332. The van der Waals surface area contributed by atoms with Gasteiger partial charge in [-0.15, -0.1) is 0 Å². The summed E-state index contributed by atoms with van der Waals surface area (Å²) in [7, 11) is 0. The molecule has 0 unspecified atom stereocenters. The lowest BCUT2D eigenvalue weighted by Gasteiger charge is -1.95. The highest BCUT2D eigenvalue weighted by Gasteiger charge is 2.06. The maximum absolute atomic E-state index is 10.2. The van der Waals surface area contributed by atoms with Gasteiger partial charge in [0, 0.05) is 0 Å². The fourth-order valence-corrected chi connectivity index (χ4v) is 1.21. The van der Waals surface area contributed by atoms with E-state index in [0.717, 1.165) is 22.1 Å². The third-order valence-electron chi connectivity index (χ3n) is 1.54. The summed E-state index contributed by atoms with van der Waals surface area (Å²) in [5, 5.41) is 4.14. The first kappa shape index (κ1) is 8.46. The molecule has 0 N–H and O–H groups in total. The van der Waals surface area contributed by atoms with Crippen LogP contribution in [0.25, 0.3) is 0 Å². The Hall–Kier alpha value is -0.640. The van der Waals surface area contributed by atoms with Crippen molar-refractivity contribution in [2.24, 2.45) is 0 Å². The summed E-state index contributed by atoms with van der Waals surface area (Å²) in [6.45, 7) is 4.16. The summed E-state index contributed by atoms with van der Waals surface area (Å²) in [5.74, 6) is 0. The van der Waals surface area contributed by atoms with Crippen molar-refractivity contribution < 1.29 is 4.79 Å². The fourth-order valence-electron chi connectivity index (χ4n) is 0.923. The zero-order chi connectivity index (χ0) is 8.43. The molecule has 0 bridgehead atoms. The molecule has 11 heavy (non-hydrogen) atoms. The lowest BCUT2D eigenvalue weighted by atomic mass is 10.4. The molecule has 0 atom stereocenters. The van der Waals surface area contributed by atoms with Crippen molar-refractivity contribution in [2.45, 2.75) is 20.4 Å². The van der Waals surface area contributed by atoms with Gasteiger partial charge >= 0.3 is 0 Å². The highest BCUT2D eigenvalue weighted by molar-refractivity contribution is 9.10. The Morgan fingerprint density at radius 2 is 2.27 bits per heavy atom. The van der Waals surface area contributed by atoms with Crippen LogP contribution in [0.4, 0.5) is 0 Å². The van der Waals surface area contributed by atoms with Gasteiger partial charge in [0.15, 0.2) is 0 Å². The quantitative estimate of drug-likeness (QED) is 0.703. The third kappa shape index (κ3) is 1.50. The second kappa shape index (κ2) is 3.17. The van der Waals surface area contributed by atoms with Crippen LogP contribution < -0.4 is 0 Å². The number of nitrogens with zero attached hydrogens (tertiary/aromatic N) is 2.